The van der Waals surface area contributed by atoms with Gasteiger partial charge in [-0.05, 0) is 37.6 Å². The van der Waals surface area contributed by atoms with Gasteiger partial charge in [-0.15, -0.1) is 0 Å². The van der Waals surface area contributed by atoms with Crippen molar-refractivity contribution in [1.82, 2.24) is 5.32 Å². The highest BCUT2D eigenvalue weighted by atomic mass is 19.2. The molecule has 1 aromatic rings. The molecular weight excluding hydrogens is 184 g/mol. The van der Waals surface area contributed by atoms with Crippen LogP contribution in [0.2, 0.25) is 0 Å². The van der Waals surface area contributed by atoms with E-state index >= 15 is 0 Å². The van der Waals surface area contributed by atoms with Gasteiger partial charge in [-0.1, -0.05) is 19.1 Å². The first-order chi connectivity index (χ1) is 6.75. The highest BCUT2D eigenvalue weighted by Crippen LogP contribution is 2.11. The molecule has 1 rings (SSSR count). The van der Waals surface area contributed by atoms with Gasteiger partial charge in [0.25, 0.3) is 0 Å². The van der Waals surface area contributed by atoms with Crippen molar-refractivity contribution < 1.29 is 8.78 Å². The minimum Gasteiger partial charge on any atom is -0.316 e. The van der Waals surface area contributed by atoms with Gasteiger partial charge >= 0.3 is 0 Å². The van der Waals surface area contributed by atoms with E-state index in [1.54, 1.807) is 6.07 Å². The Morgan fingerprint density at radius 1 is 1.21 bits per heavy atom. The van der Waals surface area contributed by atoms with Crippen molar-refractivity contribution in [2.45, 2.75) is 19.8 Å². The summed E-state index contributed by atoms with van der Waals surface area (Å²) in [6.07, 6.45) is 1.58. The van der Waals surface area contributed by atoms with Crippen molar-refractivity contribution in [2.75, 3.05) is 13.1 Å². The highest BCUT2D eigenvalue weighted by Gasteiger charge is 2.06. The van der Waals surface area contributed by atoms with Crippen molar-refractivity contribution in [3.05, 3.63) is 35.4 Å². The summed E-state index contributed by atoms with van der Waals surface area (Å²) in [4.78, 5) is 0. The quantitative estimate of drug-likeness (QED) is 0.718. The smallest absolute Gasteiger partial charge is 0.162 e. The lowest BCUT2D eigenvalue weighted by atomic mass is 10.1. The molecule has 0 aromatic heterocycles. The summed E-state index contributed by atoms with van der Waals surface area (Å²) in [6.45, 7) is 3.67. The van der Waals surface area contributed by atoms with E-state index in [-0.39, 0.29) is 0 Å². The molecule has 1 aromatic carbocycles. The minimum absolute atomic E-state index is 0.439. The summed E-state index contributed by atoms with van der Waals surface area (Å²) in [5.41, 5.74) is 0.439. The summed E-state index contributed by atoms with van der Waals surface area (Å²) in [5.74, 6) is -1.48. The molecule has 0 aliphatic rings. The Balaban J connectivity index is 2.46. The van der Waals surface area contributed by atoms with Gasteiger partial charge in [0.15, 0.2) is 11.6 Å². The van der Waals surface area contributed by atoms with E-state index in [9.17, 15) is 8.78 Å². The van der Waals surface area contributed by atoms with Gasteiger partial charge in [0.2, 0.25) is 0 Å². The Hall–Kier alpha value is -0.960. The average molecular weight is 199 g/mol. The molecule has 0 atom stereocenters. The minimum atomic E-state index is -0.766. The molecule has 0 aliphatic carbocycles. The van der Waals surface area contributed by atoms with Crippen LogP contribution in [0.4, 0.5) is 8.78 Å². The van der Waals surface area contributed by atoms with Crippen molar-refractivity contribution in [3.63, 3.8) is 0 Å². The van der Waals surface area contributed by atoms with Gasteiger partial charge in [0.05, 0.1) is 0 Å². The molecule has 14 heavy (non-hydrogen) atoms. The second kappa shape index (κ2) is 5.70. The summed E-state index contributed by atoms with van der Waals surface area (Å²) < 4.78 is 25.9. The second-order valence-electron chi connectivity index (χ2n) is 3.21. The zero-order chi connectivity index (χ0) is 10.4. The first-order valence-corrected chi connectivity index (χ1v) is 4.89. The Kier molecular flexibility index (Phi) is 4.53. The van der Waals surface area contributed by atoms with Crippen molar-refractivity contribution >= 4 is 0 Å². The number of hydrogen-bond donors (Lipinski definition) is 1. The number of rotatable bonds is 5. The molecule has 1 nitrogen and oxygen atoms in total. The maximum atomic E-state index is 13.1. The third-order valence-electron chi connectivity index (χ3n) is 2.03. The fourth-order valence-electron chi connectivity index (χ4n) is 1.27. The zero-order valence-electron chi connectivity index (χ0n) is 8.32. The molecule has 0 unspecified atom stereocenters. The van der Waals surface area contributed by atoms with Crippen molar-refractivity contribution in [3.8, 4) is 0 Å². The predicted octanol–water partition coefficient (Wildman–Crippen LogP) is 2.51. The predicted molar refractivity (Wildman–Crippen MR) is 53.2 cm³/mol. The van der Waals surface area contributed by atoms with Gasteiger partial charge in [-0.3, -0.25) is 0 Å². The number of benzene rings is 1. The number of nitrogens with one attached hydrogen (secondary N) is 1. The molecule has 0 spiro atoms. The number of halogens is 2. The Bertz CT molecular complexity index is 287. The van der Waals surface area contributed by atoms with Crippen LogP contribution < -0.4 is 5.32 Å². The van der Waals surface area contributed by atoms with Crippen LogP contribution in [0, 0.1) is 11.6 Å². The normalized spacial score (nSPS) is 10.5. The van der Waals surface area contributed by atoms with E-state index < -0.39 is 11.6 Å². The maximum absolute atomic E-state index is 13.1. The standard InChI is InChI=1S/C11H15F2N/c1-2-7-14-8-6-9-4-3-5-10(12)11(9)13/h3-5,14H,2,6-8H2,1H3. The first kappa shape index (κ1) is 11.1. The molecule has 0 amide bonds. The van der Waals surface area contributed by atoms with E-state index in [0.29, 0.717) is 18.5 Å². The molecular formula is C11H15F2N. The van der Waals surface area contributed by atoms with Crippen LogP contribution in [0.25, 0.3) is 0 Å². The Labute approximate surface area is 83.1 Å². The first-order valence-electron chi connectivity index (χ1n) is 4.89. The van der Waals surface area contributed by atoms with Crippen LogP contribution in [0.3, 0.4) is 0 Å². The van der Waals surface area contributed by atoms with Gasteiger partial charge in [0, 0.05) is 0 Å². The van der Waals surface area contributed by atoms with E-state index in [4.69, 9.17) is 0 Å². The number of hydrogen-bond acceptors (Lipinski definition) is 1. The van der Waals surface area contributed by atoms with E-state index in [1.165, 1.54) is 6.07 Å². The topological polar surface area (TPSA) is 12.0 Å². The molecule has 0 heterocycles. The van der Waals surface area contributed by atoms with Gasteiger partial charge in [-0.2, -0.15) is 0 Å². The maximum Gasteiger partial charge on any atom is 0.162 e. The van der Waals surface area contributed by atoms with Crippen LogP contribution in [-0.2, 0) is 6.42 Å². The third-order valence-corrected chi connectivity index (χ3v) is 2.03. The lowest BCUT2D eigenvalue weighted by molar-refractivity contribution is 0.496. The van der Waals surface area contributed by atoms with Crippen LogP contribution >= 0.6 is 0 Å². The fourth-order valence-corrected chi connectivity index (χ4v) is 1.27. The summed E-state index contributed by atoms with van der Waals surface area (Å²) in [6, 6.07) is 4.29. The second-order valence-corrected chi connectivity index (χ2v) is 3.21. The summed E-state index contributed by atoms with van der Waals surface area (Å²) >= 11 is 0. The molecule has 0 saturated heterocycles. The Morgan fingerprint density at radius 3 is 2.71 bits per heavy atom. The van der Waals surface area contributed by atoms with Gasteiger partial charge in [-0.25, -0.2) is 8.78 Å². The molecule has 0 saturated carbocycles. The van der Waals surface area contributed by atoms with E-state index in [0.717, 1.165) is 19.0 Å². The lowest BCUT2D eigenvalue weighted by Gasteiger charge is -2.04. The van der Waals surface area contributed by atoms with Crippen molar-refractivity contribution in [1.29, 1.82) is 0 Å². The molecule has 0 bridgehead atoms. The average Bonchev–Trinajstić information content (AvgIpc) is 2.19. The monoisotopic (exact) mass is 199 g/mol. The molecule has 78 valence electrons. The molecule has 0 radical (unpaired) electrons. The summed E-state index contributed by atoms with van der Waals surface area (Å²) in [5, 5.41) is 3.14. The van der Waals surface area contributed by atoms with Crippen molar-refractivity contribution in [2.24, 2.45) is 0 Å². The molecule has 0 aliphatic heterocycles. The van der Waals surface area contributed by atoms with Gasteiger partial charge in [0.1, 0.15) is 0 Å². The zero-order valence-corrected chi connectivity index (χ0v) is 8.32. The third kappa shape index (κ3) is 3.07. The molecule has 3 heteroatoms. The summed E-state index contributed by atoms with van der Waals surface area (Å²) in [7, 11) is 0. The molecule has 0 fully saturated rings. The highest BCUT2D eigenvalue weighted by molar-refractivity contribution is 5.19. The van der Waals surface area contributed by atoms with E-state index in [2.05, 4.69) is 12.2 Å². The van der Waals surface area contributed by atoms with Crippen LogP contribution in [0.1, 0.15) is 18.9 Å². The molecule has 1 N–H and O–H groups in total. The van der Waals surface area contributed by atoms with Gasteiger partial charge < -0.3 is 5.32 Å². The van der Waals surface area contributed by atoms with E-state index in [1.807, 2.05) is 0 Å². The fraction of sp³-hybridized carbons (Fsp3) is 0.455. The van der Waals surface area contributed by atoms with Crippen LogP contribution in [0.15, 0.2) is 18.2 Å². The largest absolute Gasteiger partial charge is 0.316 e. The SMILES string of the molecule is CCCNCCc1cccc(F)c1F. The lowest BCUT2D eigenvalue weighted by Crippen LogP contribution is -2.18. The Morgan fingerprint density at radius 2 is 2.00 bits per heavy atom. The van der Waals surface area contributed by atoms with Crippen LogP contribution in [0.5, 0.6) is 0 Å². The van der Waals surface area contributed by atoms with Crippen LogP contribution in [-0.4, -0.2) is 13.1 Å².